The molecule has 1 heterocycles. The van der Waals surface area contributed by atoms with Gasteiger partial charge >= 0.3 is 0 Å². The second-order valence-electron chi connectivity index (χ2n) is 6.11. The van der Waals surface area contributed by atoms with Gasteiger partial charge in [0.1, 0.15) is 0 Å². The number of nitrogens with zero attached hydrogens (tertiary/aromatic N) is 2. The summed E-state index contributed by atoms with van der Waals surface area (Å²) < 4.78 is 0. The van der Waals surface area contributed by atoms with E-state index in [0.717, 1.165) is 22.5 Å². The molecule has 0 radical (unpaired) electrons. The van der Waals surface area contributed by atoms with Crippen LogP contribution in [0, 0.1) is 5.92 Å². The van der Waals surface area contributed by atoms with E-state index in [-0.39, 0.29) is 0 Å². The van der Waals surface area contributed by atoms with Gasteiger partial charge in [0.25, 0.3) is 0 Å². The Bertz CT molecular complexity index is 608. The molecule has 1 aromatic heterocycles. The van der Waals surface area contributed by atoms with Crippen molar-refractivity contribution in [1.29, 1.82) is 0 Å². The number of nitrogen functional groups attached to an aromatic ring is 1. The molecule has 3 heteroatoms. The summed E-state index contributed by atoms with van der Waals surface area (Å²) in [7, 11) is 2.21. The number of benzene rings is 1. The topological polar surface area (TPSA) is 42.1 Å². The highest BCUT2D eigenvalue weighted by atomic mass is 15.1. The molecule has 2 atom stereocenters. The highest BCUT2D eigenvalue weighted by molar-refractivity contribution is 5.98. The van der Waals surface area contributed by atoms with E-state index in [2.05, 4.69) is 36.0 Å². The summed E-state index contributed by atoms with van der Waals surface area (Å²) in [4.78, 5) is 6.86. The van der Waals surface area contributed by atoms with E-state index in [1.54, 1.807) is 0 Å². The molecule has 1 aliphatic carbocycles. The third-order valence-corrected chi connectivity index (χ3v) is 4.61. The van der Waals surface area contributed by atoms with Crippen molar-refractivity contribution >= 4 is 22.3 Å². The molecule has 1 aromatic carbocycles. The average Bonchev–Trinajstić information content (AvgIpc) is 2.47. The zero-order valence-corrected chi connectivity index (χ0v) is 12.3. The van der Waals surface area contributed by atoms with Crippen LogP contribution in [-0.4, -0.2) is 18.1 Å². The maximum atomic E-state index is 6.04. The molecule has 3 rings (SSSR count). The van der Waals surface area contributed by atoms with Crippen molar-refractivity contribution in [2.45, 2.75) is 38.6 Å². The lowest BCUT2D eigenvalue weighted by Crippen LogP contribution is -2.35. The summed E-state index contributed by atoms with van der Waals surface area (Å²) in [5.74, 6) is 0.828. The molecule has 106 valence electrons. The maximum Gasteiger partial charge on any atom is 0.0951 e. The minimum Gasteiger partial charge on any atom is -0.397 e. The van der Waals surface area contributed by atoms with E-state index in [1.165, 1.54) is 31.4 Å². The molecule has 0 amide bonds. The van der Waals surface area contributed by atoms with Gasteiger partial charge in [0.2, 0.25) is 0 Å². The summed E-state index contributed by atoms with van der Waals surface area (Å²) in [5.41, 5.74) is 8.97. The van der Waals surface area contributed by atoms with Crippen molar-refractivity contribution in [2.75, 3.05) is 17.7 Å². The molecule has 2 N–H and O–H groups in total. The number of pyridine rings is 1. The molecule has 2 aromatic rings. The second-order valence-corrected chi connectivity index (χ2v) is 6.11. The van der Waals surface area contributed by atoms with Gasteiger partial charge in [-0.25, -0.2) is 0 Å². The van der Waals surface area contributed by atoms with Crippen LogP contribution in [-0.2, 0) is 0 Å². The highest BCUT2D eigenvalue weighted by Gasteiger charge is 2.23. The molecular formula is C17H23N3. The fraction of sp³-hybridized carbons (Fsp3) is 0.471. The number of nitrogens with two attached hydrogens (primary N) is 1. The molecule has 0 aliphatic heterocycles. The Morgan fingerprint density at radius 2 is 2.10 bits per heavy atom. The van der Waals surface area contributed by atoms with Gasteiger partial charge in [0.15, 0.2) is 0 Å². The third-order valence-electron chi connectivity index (χ3n) is 4.61. The molecule has 20 heavy (non-hydrogen) atoms. The Hall–Kier alpha value is -1.77. The number of anilines is 2. The summed E-state index contributed by atoms with van der Waals surface area (Å²) in [6.07, 6.45) is 7.08. The van der Waals surface area contributed by atoms with Crippen LogP contribution in [0.1, 0.15) is 32.6 Å². The highest BCUT2D eigenvalue weighted by Crippen LogP contribution is 2.34. The van der Waals surface area contributed by atoms with Crippen molar-refractivity contribution in [3.05, 3.63) is 30.5 Å². The van der Waals surface area contributed by atoms with Crippen LogP contribution in [0.25, 0.3) is 10.9 Å². The third kappa shape index (κ3) is 2.33. The molecule has 0 spiro atoms. The van der Waals surface area contributed by atoms with Crippen LogP contribution in [0.2, 0.25) is 0 Å². The summed E-state index contributed by atoms with van der Waals surface area (Å²) in [5, 5.41) is 1.16. The van der Waals surface area contributed by atoms with E-state index < -0.39 is 0 Å². The lowest BCUT2D eigenvalue weighted by molar-refractivity contribution is 0.337. The zero-order chi connectivity index (χ0) is 14.1. The SMILES string of the molecule is CC1CCCC(N(C)c2ccc(N)c3ncccc23)C1. The van der Waals surface area contributed by atoms with E-state index in [0.29, 0.717) is 6.04 Å². The van der Waals surface area contributed by atoms with Crippen molar-refractivity contribution in [3.63, 3.8) is 0 Å². The summed E-state index contributed by atoms with van der Waals surface area (Å²) >= 11 is 0. The van der Waals surface area contributed by atoms with Crippen LogP contribution in [0.4, 0.5) is 11.4 Å². The number of fused-ring (bicyclic) bond motifs is 1. The lowest BCUT2D eigenvalue weighted by atomic mass is 9.86. The predicted octanol–water partition coefficient (Wildman–Crippen LogP) is 3.83. The van der Waals surface area contributed by atoms with E-state index in [4.69, 9.17) is 5.73 Å². The van der Waals surface area contributed by atoms with Gasteiger partial charge in [-0.15, -0.1) is 0 Å². The van der Waals surface area contributed by atoms with Crippen LogP contribution >= 0.6 is 0 Å². The van der Waals surface area contributed by atoms with Gasteiger partial charge in [-0.05, 0) is 43.0 Å². The number of hydrogen-bond donors (Lipinski definition) is 1. The molecule has 2 unspecified atom stereocenters. The van der Waals surface area contributed by atoms with Crippen molar-refractivity contribution < 1.29 is 0 Å². The Morgan fingerprint density at radius 1 is 1.25 bits per heavy atom. The molecule has 3 nitrogen and oxygen atoms in total. The molecule has 0 bridgehead atoms. The van der Waals surface area contributed by atoms with Crippen molar-refractivity contribution in [1.82, 2.24) is 4.98 Å². The van der Waals surface area contributed by atoms with Crippen molar-refractivity contribution in [2.24, 2.45) is 5.92 Å². The lowest BCUT2D eigenvalue weighted by Gasteiger charge is -2.36. The van der Waals surface area contributed by atoms with Gasteiger partial charge < -0.3 is 10.6 Å². The van der Waals surface area contributed by atoms with Crippen LogP contribution in [0.5, 0.6) is 0 Å². The maximum absolute atomic E-state index is 6.04. The van der Waals surface area contributed by atoms with E-state index in [9.17, 15) is 0 Å². The second kappa shape index (κ2) is 5.31. The van der Waals surface area contributed by atoms with Gasteiger partial charge in [-0.2, -0.15) is 0 Å². The molecular weight excluding hydrogens is 246 g/mol. The zero-order valence-electron chi connectivity index (χ0n) is 12.3. The first-order valence-electron chi connectivity index (χ1n) is 7.53. The van der Waals surface area contributed by atoms with E-state index >= 15 is 0 Å². The summed E-state index contributed by atoms with van der Waals surface area (Å²) in [6, 6.07) is 8.86. The normalized spacial score (nSPS) is 22.9. The predicted molar refractivity (Wildman–Crippen MR) is 86.0 cm³/mol. The molecule has 1 aliphatic rings. The Morgan fingerprint density at radius 3 is 2.90 bits per heavy atom. The fourth-order valence-electron chi connectivity index (χ4n) is 3.44. The Kier molecular flexibility index (Phi) is 3.51. The quantitative estimate of drug-likeness (QED) is 0.842. The summed E-state index contributed by atoms with van der Waals surface area (Å²) in [6.45, 7) is 2.36. The number of hydrogen-bond acceptors (Lipinski definition) is 3. The van der Waals surface area contributed by atoms with Gasteiger partial charge in [-0.3, -0.25) is 4.98 Å². The number of aromatic nitrogens is 1. The molecule has 1 fully saturated rings. The van der Waals surface area contributed by atoms with Gasteiger partial charge in [0.05, 0.1) is 11.2 Å². The molecule has 1 saturated carbocycles. The monoisotopic (exact) mass is 269 g/mol. The average molecular weight is 269 g/mol. The fourth-order valence-corrected chi connectivity index (χ4v) is 3.44. The first kappa shape index (κ1) is 13.2. The smallest absolute Gasteiger partial charge is 0.0951 e. The van der Waals surface area contributed by atoms with Crippen LogP contribution < -0.4 is 10.6 Å². The number of rotatable bonds is 2. The Balaban J connectivity index is 1.99. The standard InChI is InChI=1S/C17H23N3/c1-12-5-3-6-13(11-12)20(2)16-9-8-15(18)17-14(16)7-4-10-19-17/h4,7-10,12-13H,3,5-6,11,18H2,1-2H3. The molecule has 0 saturated heterocycles. The largest absolute Gasteiger partial charge is 0.397 e. The van der Waals surface area contributed by atoms with Crippen molar-refractivity contribution in [3.8, 4) is 0 Å². The van der Waals surface area contributed by atoms with Crippen LogP contribution in [0.15, 0.2) is 30.5 Å². The van der Waals surface area contributed by atoms with E-state index in [1.807, 2.05) is 18.3 Å². The minimum absolute atomic E-state index is 0.630. The first-order chi connectivity index (χ1) is 9.66. The Labute approximate surface area is 120 Å². The van der Waals surface area contributed by atoms with Gasteiger partial charge in [-0.1, -0.05) is 19.8 Å². The van der Waals surface area contributed by atoms with Crippen LogP contribution in [0.3, 0.4) is 0 Å². The first-order valence-corrected chi connectivity index (χ1v) is 7.53. The van der Waals surface area contributed by atoms with Gasteiger partial charge in [0, 0.05) is 30.4 Å². The minimum atomic E-state index is 0.630.